The molecular formula is C13H17NO3. The standard InChI is InChI=1S/C13H17NO3/c1-2-7-16-11-5-3-10(4-6-11)13-8-12(9-15)17-14-13/h3-6,12,15H,2,7-9H2,1H3. The molecule has 4 heteroatoms. The van der Waals surface area contributed by atoms with E-state index >= 15 is 0 Å². The first-order valence-corrected chi connectivity index (χ1v) is 5.90. The number of hydrogen-bond acceptors (Lipinski definition) is 4. The van der Waals surface area contributed by atoms with Crippen LogP contribution < -0.4 is 4.74 Å². The van der Waals surface area contributed by atoms with Crippen LogP contribution in [0.5, 0.6) is 5.75 Å². The molecule has 0 aliphatic carbocycles. The van der Waals surface area contributed by atoms with Crippen molar-refractivity contribution in [1.29, 1.82) is 0 Å². The number of rotatable bonds is 5. The predicted octanol–water partition coefficient (Wildman–Crippen LogP) is 1.96. The van der Waals surface area contributed by atoms with Crippen LogP contribution in [0.15, 0.2) is 29.4 Å². The third kappa shape index (κ3) is 2.97. The van der Waals surface area contributed by atoms with E-state index in [0.717, 1.165) is 30.1 Å². The molecule has 4 nitrogen and oxygen atoms in total. The summed E-state index contributed by atoms with van der Waals surface area (Å²) in [5, 5.41) is 12.9. The summed E-state index contributed by atoms with van der Waals surface area (Å²) in [4.78, 5) is 5.07. The van der Waals surface area contributed by atoms with Crippen molar-refractivity contribution in [3.05, 3.63) is 29.8 Å². The molecule has 1 heterocycles. The van der Waals surface area contributed by atoms with Crippen molar-refractivity contribution in [3.8, 4) is 5.75 Å². The lowest BCUT2D eigenvalue weighted by molar-refractivity contribution is 0.0390. The van der Waals surface area contributed by atoms with Crippen LogP contribution in [0, 0.1) is 0 Å². The molecule has 0 radical (unpaired) electrons. The van der Waals surface area contributed by atoms with Gasteiger partial charge < -0.3 is 14.7 Å². The van der Waals surface area contributed by atoms with E-state index in [1.165, 1.54) is 0 Å². The SMILES string of the molecule is CCCOc1ccc(C2=NOC(CO)C2)cc1. The van der Waals surface area contributed by atoms with Gasteiger partial charge in [-0.15, -0.1) is 0 Å². The molecular weight excluding hydrogens is 218 g/mol. The second-order valence-corrected chi connectivity index (χ2v) is 4.02. The van der Waals surface area contributed by atoms with E-state index < -0.39 is 0 Å². The van der Waals surface area contributed by atoms with Crippen LogP contribution in [0.25, 0.3) is 0 Å². The fraction of sp³-hybridized carbons (Fsp3) is 0.462. The first-order valence-electron chi connectivity index (χ1n) is 5.90. The molecule has 0 fully saturated rings. The monoisotopic (exact) mass is 235 g/mol. The lowest BCUT2D eigenvalue weighted by Crippen LogP contribution is -2.12. The third-order valence-electron chi connectivity index (χ3n) is 2.60. The summed E-state index contributed by atoms with van der Waals surface area (Å²) >= 11 is 0. The molecule has 1 unspecified atom stereocenters. The van der Waals surface area contributed by atoms with Gasteiger partial charge in [0.05, 0.1) is 18.9 Å². The highest BCUT2D eigenvalue weighted by molar-refractivity contribution is 6.01. The Morgan fingerprint density at radius 1 is 1.41 bits per heavy atom. The molecule has 0 aromatic heterocycles. The van der Waals surface area contributed by atoms with Crippen molar-refractivity contribution in [3.63, 3.8) is 0 Å². The molecule has 0 saturated carbocycles. The largest absolute Gasteiger partial charge is 0.494 e. The Morgan fingerprint density at radius 3 is 2.76 bits per heavy atom. The van der Waals surface area contributed by atoms with Gasteiger partial charge in [-0.2, -0.15) is 0 Å². The minimum absolute atomic E-state index is 0.00466. The Hall–Kier alpha value is -1.55. The summed E-state index contributed by atoms with van der Waals surface area (Å²) < 4.78 is 5.50. The van der Waals surface area contributed by atoms with E-state index in [0.29, 0.717) is 6.42 Å². The normalized spacial score (nSPS) is 18.7. The first-order chi connectivity index (χ1) is 8.33. The Morgan fingerprint density at radius 2 is 2.18 bits per heavy atom. The van der Waals surface area contributed by atoms with E-state index in [-0.39, 0.29) is 12.7 Å². The second kappa shape index (κ2) is 5.68. The average molecular weight is 235 g/mol. The molecule has 1 aromatic carbocycles. The van der Waals surface area contributed by atoms with Gasteiger partial charge >= 0.3 is 0 Å². The van der Waals surface area contributed by atoms with Gasteiger partial charge in [0.15, 0.2) is 6.10 Å². The van der Waals surface area contributed by atoms with Crippen LogP contribution in [0.4, 0.5) is 0 Å². The highest BCUT2D eigenvalue weighted by Gasteiger charge is 2.20. The summed E-state index contributed by atoms with van der Waals surface area (Å²) in [6, 6.07) is 7.79. The average Bonchev–Trinajstić information content (AvgIpc) is 2.86. The molecule has 0 amide bonds. The molecule has 1 aromatic rings. The number of aliphatic hydroxyl groups excluding tert-OH is 1. The summed E-state index contributed by atoms with van der Waals surface area (Å²) in [6.45, 7) is 2.81. The number of nitrogens with zero attached hydrogens (tertiary/aromatic N) is 1. The summed E-state index contributed by atoms with van der Waals surface area (Å²) in [7, 11) is 0. The minimum atomic E-state index is -0.194. The Labute approximate surface area is 101 Å². The van der Waals surface area contributed by atoms with Gasteiger partial charge in [0.25, 0.3) is 0 Å². The van der Waals surface area contributed by atoms with Crippen molar-refractivity contribution in [2.24, 2.45) is 5.16 Å². The van der Waals surface area contributed by atoms with E-state index in [1.807, 2.05) is 24.3 Å². The minimum Gasteiger partial charge on any atom is -0.494 e. The highest BCUT2D eigenvalue weighted by atomic mass is 16.6. The van der Waals surface area contributed by atoms with E-state index in [2.05, 4.69) is 12.1 Å². The smallest absolute Gasteiger partial charge is 0.156 e. The Kier molecular flexibility index (Phi) is 3.98. The molecule has 92 valence electrons. The number of hydrogen-bond donors (Lipinski definition) is 1. The molecule has 17 heavy (non-hydrogen) atoms. The molecule has 0 saturated heterocycles. The van der Waals surface area contributed by atoms with Gasteiger partial charge in [-0.3, -0.25) is 0 Å². The lowest BCUT2D eigenvalue weighted by atomic mass is 10.1. The maximum Gasteiger partial charge on any atom is 0.156 e. The molecule has 1 aliphatic heterocycles. The van der Waals surface area contributed by atoms with Crippen molar-refractivity contribution in [2.75, 3.05) is 13.2 Å². The van der Waals surface area contributed by atoms with Gasteiger partial charge in [0.1, 0.15) is 5.75 Å². The Balaban J connectivity index is 1.99. The molecule has 1 aliphatic rings. The zero-order valence-electron chi connectivity index (χ0n) is 9.93. The maximum atomic E-state index is 8.95. The molecule has 1 atom stereocenters. The van der Waals surface area contributed by atoms with E-state index in [9.17, 15) is 0 Å². The fourth-order valence-electron chi connectivity index (χ4n) is 1.66. The number of aliphatic hydroxyl groups is 1. The number of ether oxygens (including phenoxy) is 1. The van der Waals surface area contributed by atoms with Crippen LogP contribution in [-0.4, -0.2) is 30.1 Å². The van der Waals surface area contributed by atoms with Crippen molar-refractivity contribution < 1.29 is 14.7 Å². The molecule has 2 rings (SSSR count). The van der Waals surface area contributed by atoms with Crippen LogP contribution in [0.3, 0.4) is 0 Å². The van der Waals surface area contributed by atoms with Crippen molar-refractivity contribution in [2.45, 2.75) is 25.9 Å². The first kappa shape index (κ1) is 11.9. The van der Waals surface area contributed by atoms with Crippen LogP contribution in [-0.2, 0) is 4.84 Å². The van der Waals surface area contributed by atoms with E-state index in [1.54, 1.807) is 0 Å². The van der Waals surface area contributed by atoms with Crippen molar-refractivity contribution >= 4 is 5.71 Å². The highest BCUT2D eigenvalue weighted by Crippen LogP contribution is 2.19. The quantitative estimate of drug-likeness (QED) is 0.848. The van der Waals surface area contributed by atoms with Crippen molar-refractivity contribution in [1.82, 2.24) is 0 Å². The zero-order valence-corrected chi connectivity index (χ0v) is 9.93. The van der Waals surface area contributed by atoms with Gasteiger partial charge in [-0.1, -0.05) is 12.1 Å². The number of benzene rings is 1. The van der Waals surface area contributed by atoms with Gasteiger partial charge in [0.2, 0.25) is 0 Å². The summed E-state index contributed by atoms with van der Waals surface area (Å²) in [5.74, 6) is 0.869. The summed E-state index contributed by atoms with van der Waals surface area (Å²) in [5.41, 5.74) is 1.90. The molecule has 0 spiro atoms. The predicted molar refractivity (Wildman–Crippen MR) is 65.3 cm³/mol. The van der Waals surface area contributed by atoms with Crippen LogP contribution in [0.1, 0.15) is 25.3 Å². The van der Waals surface area contributed by atoms with Gasteiger partial charge in [-0.25, -0.2) is 0 Å². The third-order valence-corrected chi connectivity index (χ3v) is 2.60. The lowest BCUT2D eigenvalue weighted by Gasteiger charge is -2.05. The maximum absolute atomic E-state index is 8.95. The summed E-state index contributed by atoms with van der Waals surface area (Å²) in [6.07, 6.45) is 1.47. The van der Waals surface area contributed by atoms with Crippen LogP contribution >= 0.6 is 0 Å². The topological polar surface area (TPSA) is 51.0 Å². The molecule has 1 N–H and O–H groups in total. The Bertz CT molecular complexity index is 386. The fourth-order valence-corrected chi connectivity index (χ4v) is 1.66. The van der Waals surface area contributed by atoms with Gasteiger partial charge in [0, 0.05) is 6.42 Å². The zero-order chi connectivity index (χ0) is 12.1. The second-order valence-electron chi connectivity index (χ2n) is 4.02. The van der Waals surface area contributed by atoms with E-state index in [4.69, 9.17) is 14.7 Å². The number of oxime groups is 1. The van der Waals surface area contributed by atoms with Gasteiger partial charge in [-0.05, 0) is 36.2 Å². The molecule has 0 bridgehead atoms. The van der Waals surface area contributed by atoms with Crippen LogP contribution in [0.2, 0.25) is 0 Å².